The molecule has 0 radical (unpaired) electrons. The summed E-state index contributed by atoms with van der Waals surface area (Å²) in [5, 5.41) is -2.14. The maximum absolute atomic E-state index is 10.9. The fraction of sp³-hybridized carbons (Fsp3) is 0.143. The van der Waals surface area contributed by atoms with Crippen molar-refractivity contribution in [3.63, 3.8) is 0 Å². The van der Waals surface area contributed by atoms with Crippen molar-refractivity contribution in [2.24, 2.45) is 0 Å². The number of hydrogen-bond donors (Lipinski definition) is 0. The predicted octanol–water partition coefficient (Wildman–Crippen LogP) is 17.5. The van der Waals surface area contributed by atoms with Crippen LogP contribution in [0.2, 0.25) is 0 Å². The summed E-state index contributed by atoms with van der Waals surface area (Å²) in [5.74, 6) is 1.23. The molecule has 448 valence electrons. The molecule has 0 spiro atoms. The molecule has 3 heterocycles. The van der Waals surface area contributed by atoms with Gasteiger partial charge in [-0.15, -0.1) is 29.7 Å². The molecular formula is C84H70N4OPtSi-2. The van der Waals surface area contributed by atoms with Crippen LogP contribution in [-0.4, -0.2) is 22.2 Å². The summed E-state index contributed by atoms with van der Waals surface area (Å²) in [5.41, 5.74) is 7.62. The topological polar surface area (TPSA) is 35.9 Å². The number of imidazole rings is 1. The van der Waals surface area contributed by atoms with E-state index in [4.69, 9.17) is 26.2 Å². The standard InChI is InChI=1S/C84H70N4OSi.Pt/c1-57-25-18-19-36-69(57)72-38-24-37-70(60-26-22-35-68(49-60)90(65-29-12-9-13-30-65,66-31-14-10-15-32-66)67-33-16-11-17-34-67)81(72)87-56-86(77-39-20-21-40-78(77)87)62-27-23-28-63(53-62)89-64-43-44-71-73-50-58(59-41-45-74-75(51-59)84(7,8)55-83(74,5)6)42-46-76(73)88(79(71)54-64)80-52-61(47-48-85-80)82(2,3)4;/h9-52H,55H2,1-8H3;/q-2;/i1D3,9D,10D,11D,12D,13D,14D,15D,16D,17D,22D,26D,29D,30D,31D,32D,33D,34D,35D,49D;. The second-order valence-electron chi connectivity index (χ2n) is 25.0. The maximum Gasteiger partial charge on any atom is 0.268 e. The second kappa shape index (κ2) is 23.1. The van der Waals surface area contributed by atoms with Crippen molar-refractivity contribution in [3.05, 3.63) is 307 Å². The first-order valence-corrected chi connectivity index (χ1v) is 31.6. The van der Waals surface area contributed by atoms with Crippen LogP contribution >= 0.6 is 0 Å². The smallest absolute Gasteiger partial charge is 0.268 e. The Morgan fingerprint density at radius 3 is 1.93 bits per heavy atom. The largest absolute Gasteiger partial charge is 0.510 e. The van der Waals surface area contributed by atoms with E-state index in [2.05, 4.69) is 114 Å². The van der Waals surface area contributed by atoms with Crippen molar-refractivity contribution in [3.8, 4) is 62.1 Å². The molecule has 0 fully saturated rings. The third kappa shape index (κ3) is 10.3. The van der Waals surface area contributed by atoms with Gasteiger partial charge in [0.1, 0.15) is 5.82 Å². The zero-order valence-electron chi connectivity index (χ0n) is 72.7. The average molecular weight is 1400 g/mol. The van der Waals surface area contributed by atoms with Gasteiger partial charge in [-0.3, -0.25) is 4.57 Å². The second-order valence-corrected chi connectivity index (χ2v) is 28.5. The van der Waals surface area contributed by atoms with Crippen LogP contribution in [-0.2, 0) is 37.3 Å². The van der Waals surface area contributed by atoms with Crippen molar-refractivity contribution in [2.75, 3.05) is 0 Å². The third-order valence-corrected chi connectivity index (χ3v) is 21.3. The Kier molecular flexibility index (Phi) is 9.89. The molecule has 0 saturated heterocycles. The summed E-state index contributed by atoms with van der Waals surface area (Å²) in [6.07, 6.45) is 6.30. The summed E-state index contributed by atoms with van der Waals surface area (Å²) in [7, 11) is -6.32. The number of nitrogens with zero attached hydrogens (tertiary/aromatic N) is 4. The quantitative estimate of drug-likeness (QED) is 0.0529. The van der Waals surface area contributed by atoms with Gasteiger partial charge in [-0.25, -0.2) is 4.98 Å². The summed E-state index contributed by atoms with van der Waals surface area (Å²) in [6.45, 7) is 12.9. The molecule has 0 unspecified atom stereocenters. The van der Waals surface area contributed by atoms with Gasteiger partial charge in [0.15, 0.2) is 8.07 Å². The number of ether oxygens (including phenoxy) is 1. The number of rotatable bonds is 12. The minimum absolute atomic E-state index is 0. The molecule has 7 heteroatoms. The third-order valence-electron chi connectivity index (χ3n) is 17.3. The number of pyridine rings is 1. The van der Waals surface area contributed by atoms with Gasteiger partial charge in [-0.1, -0.05) is 266 Å². The Morgan fingerprint density at radius 2 is 1.20 bits per heavy atom. The Balaban J connectivity index is 0.0000106. The van der Waals surface area contributed by atoms with Crippen LogP contribution in [0, 0.1) is 25.3 Å². The fourth-order valence-electron chi connectivity index (χ4n) is 13.4. The van der Waals surface area contributed by atoms with Gasteiger partial charge in [0.25, 0.3) is 6.33 Å². The number of benzene rings is 11. The van der Waals surface area contributed by atoms with Crippen LogP contribution in [0.3, 0.4) is 0 Å². The van der Waals surface area contributed by atoms with Crippen LogP contribution in [0.5, 0.6) is 11.5 Å². The molecule has 0 saturated carbocycles. The SMILES string of the molecule is [2H]c1c([2H])c([2H])c([Si](c2c([2H])c([2H])c([2H])c([2H])c2[2H])(c2c([2H])c([2H])c([2H])c([2H])c2[2H])c2c([2H])c([2H])c([2H])c(-c3cccc(-c4ccccc4C([2H])([2H])[2H])c3-[n+]3[c-]n(-c4[c-]c(Oc5[c-]c6c(cc5)c5cc(-c7ccc8c(c7)C(C)(C)CC8(C)C)ccc5n6-c5cc(C(C)(C)C)ccn5)ccc4)c4ccccc43)c2[2H])c([2H])c1[2H].[Pt]. The van der Waals surface area contributed by atoms with Crippen molar-refractivity contribution < 1.29 is 60.5 Å². The first kappa shape index (κ1) is 38.9. The summed E-state index contributed by atoms with van der Waals surface area (Å²) in [4.78, 5) is 4.96. The Hall–Kier alpha value is -9.45. The monoisotopic (exact) mass is 1400 g/mol. The normalized spacial score (nSPS) is 17.1. The van der Waals surface area contributed by atoms with Gasteiger partial charge < -0.3 is 13.9 Å². The Labute approximate surface area is 581 Å². The zero-order valence-corrected chi connectivity index (χ0v) is 53.9. The van der Waals surface area contributed by atoms with Crippen LogP contribution in [0.4, 0.5) is 0 Å². The molecule has 0 atom stereocenters. The van der Waals surface area contributed by atoms with E-state index in [1.807, 2.05) is 24.4 Å². The molecule has 5 nitrogen and oxygen atoms in total. The molecule has 0 bridgehead atoms. The van der Waals surface area contributed by atoms with Crippen molar-refractivity contribution in [2.45, 2.75) is 78.0 Å². The van der Waals surface area contributed by atoms with E-state index in [1.54, 1.807) is 65.2 Å². The molecule has 1 aliphatic rings. The van der Waals surface area contributed by atoms with E-state index in [9.17, 15) is 13.7 Å². The van der Waals surface area contributed by atoms with E-state index >= 15 is 0 Å². The van der Waals surface area contributed by atoms with E-state index in [-0.39, 0.29) is 71.0 Å². The predicted molar refractivity (Wildman–Crippen MR) is 374 cm³/mol. The molecule has 11 aromatic carbocycles. The average Bonchev–Trinajstić information content (AvgIpc) is 1.35. The molecule has 0 amide bonds. The van der Waals surface area contributed by atoms with Crippen LogP contribution in [0.15, 0.2) is 267 Å². The van der Waals surface area contributed by atoms with Gasteiger partial charge in [-0.2, -0.15) is 18.2 Å². The molecule has 14 aromatic rings. The van der Waals surface area contributed by atoms with Crippen LogP contribution < -0.4 is 30.1 Å². The van der Waals surface area contributed by atoms with Crippen molar-refractivity contribution >= 4 is 61.7 Å². The molecular weight excluding hydrogens is 1300 g/mol. The van der Waals surface area contributed by atoms with Crippen molar-refractivity contribution in [1.29, 1.82) is 0 Å². The number of fused-ring (bicyclic) bond motifs is 5. The number of aryl methyl sites for hydroxylation is 1. The minimum atomic E-state index is -6.32. The molecule has 91 heavy (non-hydrogen) atoms. The minimum Gasteiger partial charge on any atom is -0.510 e. The van der Waals surface area contributed by atoms with Crippen molar-refractivity contribution in [1.82, 2.24) is 14.1 Å². The van der Waals surface area contributed by atoms with E-state index in [0.717, 1.165) is 39.4 Å². The first-order chi connectivity index (χ1) is 52.7. The molecule has 0 N–H and O–H groups in total. The number of hydrogen-bond acceptors (Lipinski definition) is 2. The Bertz CT molecular complexity index is 6150. The fourth-order valence-corrected chi connectivity index (χ4v) is 16.9. The molecule has 15 rings (SSSR count). The van der Waals surface area contributed by atoms with E-state index in [1.165, 1.54) is 40.0 Å². The van der Waals surface area contributed by atoms with E-state index < -0.39 is 156 Å². The molecule has 0 aliphatic heterocycles. The summed E-state index contributed by atoms with van der Waals surface area (Å²) in [6, 6.07) is 30.3. The number of para-hydroxylation sites is 3. The van der Waals surface area contributed by atoms with Gasteiger partial charge in [0.05, 0.1) is 42.8 Å². The zero-order chi connectivity index (χ0) is 80.6. The molecule has 3 aromatic heterocycles. The van der Waals surface area contributed by atoms with Crippen LogP contribution in [0.25, 0.3) is 83.4 Å². The van der Waals surface area contributed by atoms with Gasteiger partial charge in [-0.05, 0) is 135 Å². The van der Waals surface area contributed by atoms with Gasteiger partial charge in [0, 0.05) is 48.4 Å². The van der Waals surface area contributed by atoms with Gasteiger partial charge >= 0.3 is 0 Å². The summed E-state index contributed by atoms with van der Waals surface area (Å²) < 4.78 is 220. The summed E-state index contributed by atoms with van der Waals surface area (Å²) >= 11 is 0. The number of aromatic nitrogens is 4. The Morgan fingerprint density at radius 1 is 0.560 bits per heavy atom. The van der Waals surface area contributed by atoms with E-state index in [0.29, 0.717) is 33.8 Å². The first-order valence-electron chi connectivity index (χ1n) is 40.6. The maximum atomic E-state index is 10.9. The molecule has 1 aliphatic carbocycles. The van der Waals surface area contributed by atoms with Gasteiger partial charge in [0.2, 0.25) is 0 Å². The van der Waals surface area contributed by atoms with Crippen LogP contribution in [0.1, 0.15) is 107 Å².